The monoisotopic (exact) mass is 545 g/mol. The molecular formula is C29H40FN3O4S. The van der Waals surface area contributed by atoms with E-state index in [2.05, 4.69) is 5.32 Å². The van der Waals surface area contributed by atoms with E-state index in [0.717, 1.165) is 47.4 Å². The van der Waals surface area contributed by atoms with Crippen LogP contribution in [-0.2, 0) is 26.2 Å². The predicted molar refractivity (Wildman–Crippen MR) is 149 cm³/mol. The maximum Gasteiger partial charge on any atom is 0.243 e. The van der Waals surface area contributed by atoms with Crippen molar-refractivity contribution >= 4 is 27.5 Å². The van der Waals surface area contributed by atoms with Gasteiger partial charge in [0.05, 0.1) is 11.9 Å². The summed E-state index contributed by atoms with van der Waals surface area (Å²) in [7, 11) is -3.76. The lowest BCUT2D eigenvalue weighted by Gasteiger charge is -2.33. The summed E-state index contributed by atoms with van der Waals surface area (Å²) in [5.74, 6) is -1.03. The maximum atomic E-state index is 14.4. The number of hydrogen-bond acceptors (Lipinski definition) is 4. The molecule has 9 heteroatoms. The zero-order chi connectivity index (χ0) is 27.7. The Hall–Kier alpha value is -2.94. The van der Waals surface area contributed by atoms with Crippen molar-refractivity contribution in [2.45, 2.75) is 83.8 Å². The maximum absolute atomic E-state index is 14.4. The summed E-state index contributed by atoms with van der Waals surface area (Å²) in [6.07, 6.45) is 6.95. The van der Waals surface area contributed by atoms with E-state index in [9.17, 15) is 22.4 Å². The first-order chi connectivity index (χ1) is 18.1. The van der Waals surface area contributed by atoms with Gasteiger partial charge in [-0.15, -0.1) is 0 Å². The zero-order valence-electron chi connectivity index (χ0n) is 22.7. The Balaban J connectivity index is 1.76. The average Bonchev–Trinajstić information content (AvgIpc) is 2.88. The molecule has 38 heavy (non-hydrogen) atoms. The van der Waals surface area contributed by atoms with Gasteiger partial charge in [-0.3, -0.25) is 13.9 Å². The van der Waals surface area contributed by atoms with Gasteiger partial charge in [0.15, 0.2) is 0 Å². The van der Waals surface area contributed by atoms with Gasteiger partial charge in [-0.05, 0) is 50.3 Å². The fourth-order valence-corrected chi connectivity index (χ4v) is 5.96. The molecule has 1 N–H and O–H groups in total. The van der Waals surface area contributed by atoms with Crippen molar-refractivity contribution in [2.75, 3.05) is 17.1 Å². The van der Waals surface area contributed by atoms with Crippen LogP contribution in [0.1, 0.15) is 69.4 Å². The molecule has 3 rings (SSSR count). The number of nitrogens with zero attached hydrogens (tertiary/aromatic N) is 2. The molecule has 1 atom stereocenters. The van der Waals surface area contributed by atoms with Crippen LogP contribution in [0.2, 0.25) is 0 Å². The van der Waals surface area contributed by atoms with Gasteiger partial charge < -0.3 is 10.2 Å². The first-order valence-electron chi connectivity index (χ1n) is 13.5. The minimum atomic E-state index is -3.76. The van der Waals surface area contributed by atoms with Crippen molar-refractivity contribution in [3.8, 4) is 0 Å². The molecule has 208 valence electrons. The lowest BCUT2D eigenvalue weighted by Crippen LogP contribution is -2.51. The molecule has 0 aliphatic heterocycles. The van der Waals surface area contributed by atoms with Gasteiger partial charge in [-0.1, -0.05) is 68.1 Å². The van der Waals surface area contributed by atoms with Crippen molar-refractivity contribution in [2.24, 2.45) is 0 Å². The second kappa shape index (κ2) is 13.7. The fourth-order valence-electron chi connectivity index (χ4n) is 4.99. The van der Waals surface area contributed by atoms with E-state index in [4.69, 9.17) is 0 Å². The molecule has 1 saturated carbocycles. The highest BCUT2D eigenvalue weighted by atomic mass is 32.2. The van der Waals surface area contributed by atoms with E-state index >= 15 is 0 Å². The van der Waals surface area contributed by atoms with Crippen molar-refractivity contribution < 1.29 is 22.4 Å². The summed E-state index contributed by atoms with van der Waals surface area (Å²) in [6.45, 7) is 4.11. The quantitative estimate of drug-likeness (QED) is 0.410. The summed E-state index contributed by atoms with van der Waals surface area (Å²) < 4.78 is 40.2. The van der Waals surface area contributed by atoms with Gasteiger partial charge in [-0.2, -0.15) is 0 Å². The summed E-state index contributed by atoms with van der Waals surface area (Å²) >= 11 is 0. The van der Waals surface area contributed by atoms with Crippen LogP contribution in [0.25, 0.3) is 0 Å². The Labute approximate surface area is 226 Å². The Bertz CT molecular complexity index is 1180. The number of hydrogen-bond donors (Lipinski definition) is 1. The van der Waals surface area contributed by atoms with Gasteiger partial charge in [0.25, 0.3) is 0 Å². The second-order valence-corrected chi connectivity index (χ2v) is 12.1. The topological polar surface area (TPSA) is 86.8 Å². The summed E-state index contributed by atoms with van der Waals surface area (Å²) in [5, 5.41) is 3.16. The fraction of sp³-hybridized carbons (Fsp3) is 0.517. The lowest BCUT2D eigenvalue weighted by molar-refractivity contribution is -0.141. The minimum absolute atomic E-state index is 0.0273. The number of nitrogens with one attached hydrogen (secondary N) is 1. The van der Waals surface area contributed by atoms with Crippen molar-refractivity contribution in [3.63, 3.8) is 0 Å². The lowest BCUT2D eigenvalue weighted by atomic mass is 9.95. The SMILES string of the molecule is CCC(C(=O)NC1CCCCC1)N(Cc1ccc(C)cc1)C(=O)CCCN(c1ccccc1F)S(C)(=O)=O. The first kappa shape index (κ1) is 29.6. The largest absolute Gasteiger partial charge is 0.352 e. The molecule has 1 fully saturated rings. The molecule has 1 aliphatic carbocycles. The van der Waals surface area contributed by atoms with Crippen molar-refractivity contribution in [1.82, 2.24) is 10.2 Å². The molecule has 0 aromatic heterocycles. The van der Waals surface area contributed by atoms with Crippen LogP contribution < -0.4 is 9.62 Å². The van der Waals surface area contributed by atoms with Gasteiger partial charge in [0.2, 0.25) is 21.8 Å². The van der Waals surface area contributed by atoms with E-state index in [-0.39, 0.29) is 49.5 Å². The number of amides is 2. The molecule has 2 aromatic carbocycles. The van der Waals surface area contributed by atoms with Crippen molar-refractivity contribution in [1.29, 1.82) is 0 Å². The normalized spacial score (nSPS) is 15.1. The van der Waals surface area contributed by atoms with E-state index in [0.29, 0.717) is 6.42 Å². The molecule has 2 aromatic rings. The third-order valence-corrected chi connectivity index (χ3v) is 8.26. The highest BCUT2D eigenvalue weighted by molar-refractivity contribution is 7.92. The molecule has 7 nitrogen and oxygen atoms in total. The number of aryl methyl sites for hydroxylation is 1. The van der Waals surface area contributed by atoms with Crippen LogP contribution >= 0.6 is 0 Å². The second-order valence-electron chi connectivity index (χ2n) is 10.2. The zero-order valence-corrected chi connectivity index (χ0v) is 23.5. The van der Waals surface area contributed by atoms with Gasteiger partial charge >= 0.3 is 0 Å². The van der Waals surface area contributed by atoms with E-state index < -0.39 is 21.9 Å². The summed E-state index contributed by atoms with van der Waals surface area (Å²) in [6, 6.07) is 13.0. The Morgan fingerprint density at radius 3 is 2.32 bits per heavy atom. The molecule has 1 aliphatic rings. The van der Waals surface area contributed by atoms with Crippen LogP contribution in [0.4, 0.5) is 10.1 Å². The molecule has 0 saturated heterocycles. The van der Waals surface area contributed by atoms with Gasteiger partial charge in [0.1, 0.15) is 11.9 Å². The van der Waals surface area contributed by atoms with E-state index in [1.54, 1.807) is 11.0 Å². The van der Waals surface area contributed by atoms with Crippen LogP contribution in [-0.4, -0.2) is 50.0 Å². The van der Waals surface area contributed by atoms with Crippen LogP contribution in [0, 0.1) is 12.7 Å². The van der Waals surface area contributed by atoms with E-state index in [1.165, 1.54) is 24.6 Å². The number of rotatable bonds is 12. The molecule has 0 radical (unpaired) electrons. The number of carbonyl (C=O) groups excluding carboxylic acids is 2. The molecule has 0 bridgehead atoms. The highest BCUT2D eigenvalue weighted by Crippen LogP contribution is 2.23. The standard InChI is InChI=1S/C29H40FN3O4S/c1-4-26(29(35)31-24-11-6-5-7-12-24)32(21-23-18-16-22(2)17-19-23)28(34)15-10-20-33(38(3,36)37)27-14-9-8-13-25(27)30/h8-9,13-14,16-19,24,26H,4-7,10-12,15,20-21H2,1-3H3,(H,31,35). The van der Waals surface area contributed by atoms with E-state index in [1.807, 2.05) is 38.1 Å². The summed E-state index contributed by atoms with van der Waals surface area (Å²) in [4.78, 5) is 28.5. The van der Waals surface area contributed by atoms with Crippen LogP contribution in [0.3, 0.4) is 0 Å². The molecular weight excluding hydrogens is 505 g/mol. The minimum Gasteiger partial charge on any atom is -0.352 e. The number of anilines is 1. The van der Waals surface area contributed by atoms with Crippen LogP contribution in [0.15, 0.2) is 48.5 Å². The van der Waals surface area contributed by atoms with Crippen LogP contribution in [0.5, 0.6) is 0 Å². The smallest absolute Gasteiger partial charge is 0.243 e. The third kappa shape index (κ3) is 8.28. The van der Waals surface area contributed by atoms with Gasteiger partial charge in [-0.25, -0.2) is 12.8 Å². The molecule has 1 unspecified atom stereocenters. The Morgan fingerprint density at radius 1 is 1.05 bits per heavy atom. The predicted octanol–water partition coefficient (Wildman–Crippen LogP) is 4.94. The molecule has 0 spiro atoms. The molecule has 0 heterocycles. The average molecular weight is 546 g/mol. The number of halogens is 1. The third-order valence-electron chi connectivity index (χ3n) is 7.08. The number of sulfonamides is 1. The Kier molecular flexibility index (Phi) is 10.7. The number of carbonyl (C=O) groups is 2. The van der Waals surface area contributed by atoms with Gasteiger partial charge in [0, 0.05) is 25.6 Å². The number of para-hydroxylation sites is 1. The number of benzene rings is 2. The summed E-state index contributed by atoms with van der Waals surface area (Å²) in [5.41, 5.74) is 1.97. The highest BCUT2D eigenvalue weighted by Gasteiger charge is 2.30. The van der Waals surface area contributed by atoms with Crippen molar-refractivity contribution in [3.05, 3.63) is 65.5 Å². The molecule has 2 amide bonds. The first-order valence-corrected chi connectivity index (χ1v) is 15.3. The Morgan fingerprint density at radius 2 is 1.71 bits per heavy atom.